The van der Waals surface area contributed by atoms with E-state index in [0.29, 0.717) is 12.5 Å². The third-order valence-corrected chi connectivity index (χ3v) is 4.54. The van der Waals surface area contributed by atoms with Gasteiger partial charge in [-0.2, -0.15) is 0 Å². The average molecular weight is 297 g/mol. The fourth-order valence-electron chi connectivity index (χ4n) is 2.98. The van der Waals surface area contributed by atoms with Crippen molar-refractivity contribution in [1.82, 2.24) is 0 Å². The molecule has 1 aromatic rings. The quantitative estimate of drug-likeness (QED) is 0.728. The van der Waals surface area contributed by atoms with Gasteiger partial charge in [0.05, 0.1) is 13.2 Å². The summed E-state index contributed by atoms with van der Waals surface area (Å²) in [6.07, 6.45) is 2.16. The monoisotopic (exact) mass is 296 g/mol. The lowest BCUT2D eigenvalue weighted by Crippen LogP contribution is -2.43. The summed E-state index contributed by atoms with van der Waals surface area (Å²) in [6, 6.07) is 6.42. The topological polar surface area (TPSA) is 18.5 Å². The predicted molar refractivity (Wildman–Crippen MR) is 70.2 cm³/mol. The summed E-state index contributed by atoms with van der Waals surface area (Å²) in [7, 11) is 0. The Hall–Kier alpha value is -0.380. The number of benzene rings is 1. The third kappa shape index (κ3) is 1.85. The summed E-state index contributed by atoms with van der Waals surface area (Å²) >= 11 is 3.68. The molecule has 0 N–H and O–H groups in total. The largest absolute Gasteiger partial charge is 0.378 e. The van der Waals surface area contributed by atoms with E-state index in [1.165, 1.54) is 15.6 Å². The molecule has 0 unspecified atom stereocenters. The Morgan fingerprint density at radius 1 is 1.41 bits per heavy atom. The van der Waals surface area contributed by atoms with Gasteiger partial charge in [0.15, 0.2) is 0 Å². The highest BCUT2D eigenvalue weighted by Crippen LogP contribution is 2.45. The summed E-state index contributed by atoms with van der Waals surface area (Å²) in [5.41, 5.74) is 2.54. The Morgan fingerprint density at radius 2 is 2.29 bits per heavy atom. The summed E-state index contributed by atoms with van der Waals surface area (Å²) in [6.45, 7) is 4.58. The molecule has 1 fully saturated rings. The molecular formula is C14H17BrO2. The lowest BCUT2D eigenvalue weighted by molar-refractivity contribution is -0.145. The minimum absolute atomic E-state index is 0.191. The van der Waals surface area contributed by atoms with Crippen molar-refractivity contribution in [2.24, 2.45) is 0 Å². The van der Waals surface area contributed by atoms with Crippen LogP contribution in [0.4, 0.5) is 0 Å². The molecule has 92 valence electrons. The molecule has 17 heavy (non-hydrogen) atoms. The molecule has 1 aromatic carbocycles. The van der Waals surface area contributed by atoms with E-state index >= 15 is 0 Å². The number of fused-ring (bicyclic) bond motifs is 2. The van der Waals surface area contributed by atoms with Crippen LogP contribution in [0.2, 0.25) is 0 Å². The zero-order valence-corrected chi connectivity index (χ0v) is 11.6. The van der Waals surface area contributed by atoms with Crippen LogP contribution in [-0.2, 0) is 15.1 Å². The molecule has 0 amide bonds. The van der Waals surface area contributed by atoms with Gasteiger partial charge in [0.1, 0.15) is 5.60 Å². The average Bonchev–Trinajstić information content (AvgIpc) is 2.36. The van der Waals surface area contributed by atoms with Crippen LogP contribution in [0, 0.1) is 0 Å². The molecule has 3 heteroatoms. The molecule has 3 rings (SSSR count). The van der Waals surface area contributed by atoms with Crippen molar-refractivity contribution >= 4 is 15.9 Å². The standard InChI is InChI=1S/C14H17BrO2/c1-10-8-17-14(6-3-7-16-9-14)11-4-2-5-12(15)13(10)11/h2,4-5,10H,3,6-9H2,1H3/t10-,14+/m0/s1. The van der Waals surface area contributed by atoms with Gasteiger partial charge in [-0.15, -0.1) is 0 Å². The van der Waals surface area contributed by atoms with E-state index in [-0.39, 0.29) is 5.60 Å². The SMILES string of the molecule is C[C@H]1CO[C@@]2(CCCOC2)c2cccc(Br)c21. The maximum atomic E-state index is 6.15. The first-order valence-corrected chi connectivity index (χ1v) is 7.03. The predicted octanol–water partition coefficient (Wildman–Crippen LogP) is 3.59. The van der Waals surface area contributed by atoms with Gasteiger partial charge in [-0.3, -0.25) is 0 Å². The molecule has 2 atom stereocenters. The first-order valence-electron chi connectivity index (χ1n) is 6.23. The second-order valence-corrected chi connectivity index (χ2v) is 5.92. The molecule has 0 bridgehead atoms. The summed E-state index contributed by atoms with van der Waals surface area (Å²) in [5.74, 6) is 0.452. The number of ether oxygens (including phenoxy) is 2. The lowest BCUT2D eigenvalue weighted by atomic mass is 9.79. The first-order chi connectivity index (χ1) is 8.23. The number of rotatable bonds is 0. The van der Waals surface area contributed by atoms with Gasteiger partial charge in [0.25, 0.3) is 0 Å². The molecule has 2 aliphatic rings. The fourth-order valence-corrected chi connectivity index (χ4v) is 3.73. The van der Waals surface area contributed by atoms with Crippen molar-refractivity contribution in [3.8, 4) is 0 Å². The summed E-state index contributed by atoms with van der Waals surface area (Å²) in [4.78, 5) is 0. The lowest BCUT2D eigenvalue weighted by Gasteiger charge is -2.43. The smallest absolute Gasteiger partial charge is 0.117 e. The van der Waals surface area contributed by atoms with Crippen LogP contribution in [0.25, 0.3) is 0 Å². The molecule has 0 aromatic heterocycles. The van der Waals surface area contributed by atoms with E-state index in [4.69, 9.17) is 9.47 Å². The van der Waals surface area contributed by atoms with Crippen molar-refractivity contribution in [2.75, 3.05) is 19.8 Å². The van der Waals surface area contributed by atoms with E-state index in [9.17, 15) is 0 Å². The van der Waals surface area contributed by atoms with Crippen LogP contribution in [0.1, 0.15) is 36.8 Å². The van der Waals surface area contributed by atoms with Crippen LogP contribution in [0.3, 0.4) is 0 Å². The van der Waals surface area contributed by atoms with Crippen molar-refractivity contribution in [1.29, 1.82) is 0 Å². The molecule has 2 heterocycles. The highest BCUT2D eigenvalue weighted by atomic mass is 79.9. The molecule has 2 aliphatic heterocycles. The van der Waals surface area contributed by atoms with Gasteiger partial charge < -0.3 is 9.47 Å². The van der Waals surface area contributed by atoms with E-state index in [0.717, 1.165) is 26.1 Å². The zero-order chi connectivity index (χ0) is 11.9. The Balaban J connectivity index is 2.11. The van der Waals surface area contributed by atoms with Crippen LogP contribution in [0.15, 0.2) is 22.7 Å². The molecule has 1 saturated heterocycles. The summed E-state index contributed by atoms with van der Waals surface area (Å²) in [5, 5.41) is 0. The van der Waals surface area contributed by atoms with E-state index in [2.05, 4.69) is 41.1 Å². The van der Waals surface area contributed by atoms with E-state index in [1.54, 1.807) is 0 Å². The van der Waals surface area contributed by atoms with Gasteiger partial charge in [-0.25, -0.2) is 0 Å². The molecule has 1 spiro atoms. The number of hydrogen-bond donors (Lipinski definition) is 0. The maximum Gasteiger partial charge on any atom is 0.117 e. The van der Waals surface area contributed by atoms with E-state index in [1.807, 2.05) is 0 Å². The highest BCUT2D eigenvalue weighted by Gasteiger charge is 2.42. The van der Waals surface area contributed by atoms with Gasteiger partial charge >= 0.3 is 0 Å². The second-order valence-electron chi connectivity index (χ2n) is 5.06. The number of halogens is 1. The Morgan fingerprint density at radius 3 is 3.06 bits per heavy atom. The highest BCUT2D eigenvalue weighted by molar-refractivity contribution is 9.10. The molecule has 0 saturated carbocycles. The van der Waals surface area contributed by atoms with Crippen molar-refractivity contribution in [3.05, 3.63) is 33.8 Å². The van der Waals surface area contributed by atoms with Crippen molar-refractivity contribution in [2.45, 2.75) is 31.3 Å². The molecule has 2 nitrogen and oxygen atoms in total. The van der Waals surface area contributed by atoms with Crippen LogP contribution in [-0.4, -0.2) is 19.8 Å². The Bertz CT molecular complexity index is 424. The Kier molecular flexibility index (Phi) is 3.01. The van der Waals surface area contributed by atoms with Gasteiger partial charge in [-0.1, -0.05) is 35.0 Å². The van der Waals surface area contributed by atoms with Crippen LogP contribution >= 0.6 is 15.9 Å². The third-order valence-electron chi connectivity index (χ3n) is 3.85. The summed E-state index contributed by atoms with van der Waals surface area (Å²) < 4.78 is 13.0. The fraction of sp³-hybridized carbons (Fsp3) is 0.571. The van der Waals surface area contributed by atoms with Crippen molar-refractivity contribution in [3.63, 3.8) is 0 Å². The molecule has 0 aliphatic carbocycles. The maximum absolute atomic E-state index is 6.15. The Labute approximate surface area is 110 Å². The minimum Gasteiger partial charge on any atom is -0.378 e. The number of hydrogen-bond acceptors (Lipinski definition) is 2. The normalized spacial score (nSPS) is 32.5. The van der Waals surface area contributed by atoms with Crippen LogP contribution in [0.5, 0.6) is 0 Å². The van der Waals surface area contributed by atoms with E-state index < -0.39 is 0 Å². The molecular weight excluding hydrogens is 280 g/mol. The van der Waals surface area contributed by atoms with Gasteiger partial charge in [0, 0.05) is 17.0 Å². The van der Waals surface area contributed by atoms with Crippen molar-refractivity contribution < 1.29 is 9.47 Å². The van der Waals surface area contributed by atoms with Gasteiger partial charge in [0.2, 0.25) is 0 Å². The second kappa shape index (κ2) is 4.38. The minimum atomic E-state index is -0.191. The first kappa shape index (κ1) is 11.7. The van der Waals surface area contributed by atoms with Gasteiger partial charge in [-0.05, 0) is 30.0 Å². The zero-order valence-electron chi connectivity index (χ0n) is 10.0. The van der Waals surface area contributed by atoms with Crippen LogP contribution < -0.4 is 0 Å². The molecule has 0 radical (unpaired) electrons.